The molecule has 3 heterocycles. The first-order valence-corrected chi connectivity index (χ1v) is 12.9. The number of carbonyl (C=O) groups excluding carboxylic acids is 1. The quantitative estimate of drug-likeness (QED) is 0.337. The molecule has 3 N–H and O–H groups in total. The minimum absolute atomic E-state index is 0.0207. The lowest BCUT2D eigenvalue weighted by Gasteiger charge is -2.34. The molecule has 0 bridgehead atoms. The molecule has 0 radical (unpaired) electrons. The van der Waals surface area contributed by atoms with Gasteiger partial charge in [-0.2, -0.15) is 5.26 Å². The number of anilines is 1. The standard InChI is InChI=1S/C29H32N4O5/c1-32-9-11-33(12-10-32)23-5-4-19-14-21(3-2-20(19)15-23)26-7-6-24(38-26)16-22(17-30)29(36)31-18-27-28(35)25(34)8-13-37-27/h2-7,14-16,25,27-28,34-35H,8-13,18H2,1H3,(H,31,36)/b22-16+/t25-,27-,28+/m1/s1. The van der Waals surface area contributed by atoms with Crippen LogP contribution in [-0.2, 0) is 9.53 Å². The maximum absolute atomic E-state index is 12.5. The fourth-order valence-corrected chi connectivity index (χ4v) is 4.85. The molecule has 3 aromatic rings. The number of hydrogen-bond acceptors (Lipinski definition) is 8. The molecule has 1 amide bonds. The number of benzene rings is 2. The first-order chi connectivity index (χ1) is 18.4. The lowest BCUT2D eigenvalue weighted by Crippen LogP contribution is -2.50. The van der Waals surface area contributed by atoms with Crippen molar-refractivity contribution in [2.45, 2.75) is 24.7 Å². The van der Waals surface area contributed by atoms with Crippen LogP contribution < -0.4 is 10.2 Å². The van der Waals surface area contributed by atoms with E-state index in [0.717, 1.165) is 42.5 Å². The summed E-state index contributed by atoms with van der Waals surface area (Å²) in [6.45, 7) is 4.43. The van der Waals surface area contributed by atoms with Crippen LogP contribution in [0.2, 0.25) is 0 Å². The molecule has 3 atom stereocenters. The molecule has 2 aliphatic heterocycles. The molecule has 9 nitrogen and oxygen atoms in total. The predicted molar refractivity (Wildman–Crippen MR) is 144 cm³/mol. The van der Waals surface area contributed by atoms with E-state index in [9.17, 15) is 20.3 Å². The summed E-state index contributed by atoms with van der Waals surface area (Å²) in [7, 11) is 2.15. The van der Waals surface area contributed by atoms with E-state index < -0.39 is 24.2 Å². The van der Waals surface area contributed by atoms with E-state index in [1.165, 1.54) is 11.8 Å². The lowest BCUT2D eigenvalue weighted by molar-refractivity contribution is -0.136. The molecule has 2 aromatic carbocycles. The number of aliphatic hydroxyl groups excluding tert-OH is 2. The molecule has 5 rings (SSSR count). The molecule has 0 saturated carbocycles. The Morgan fingerprint density at radius 1 is 1.11 bits per heavy atom. The fraction of sp³-hybridized carbons (Fsp3) is 0.379. The number of rotatable bonds is 6. The van der Waals surface area contributed by atoms with Crippen molar-refractivity contribution in [2.75, 3.05) is 51.3 Å². The van der Waals surface area contributed by atoms with Gasteiger partial charge in [-0.25, -0.2) is 0 Å². The Labute approximate surface area is 221 Å². The van der Waals surface area contributed by atoms with Gasteiger partial charge in [-0.15, -0.1) is 0 Å². The van der Waals surface area contributed by atoms with Gasteiger partial charge in [-0.3, -0.25) is 4.79 Å². The van der Waals surface area contributed by atoms with Crippen LogP contribution in [0.1, 0.15) is 12.2 Å². The van der Waals surface area contributed by atoms with Gasteiger partial charge in [-0.05, 0) is 54.6 Å². The van der Waals surface area contributed by atoms with Gasteiger partial charge < -0.3 is 34.5 Å². The van der Waals surface area contributed by atoms with Gasteiger partial charge in [0.2, 0.25) is 0 Å². The Bertz CT molecular complexity index is 1370. The molecular formula is C29H32N4O5. The summed E-state index contributed by atoms with van der Waals surface area (Å²) in [5.41, 5.74) is 1.99. The van der Waals surface area contributed by atoms with Gasteiger partial charge in [0.1, 0.15) is 35.4 Å². The lowest BCUT2D eigenvalue weighted by atomic mass is 10.0. The van der Waals surface area contributed by atoms with Crippen LogP contribution in [0.25, 0.3) is 28.2 Å². The first kappa shape index (κ1) is 25.9. The SMILES string of the molecule is CN1CCN(c2ccc3cc(-c4ccc(/C=C(\C#N)C(=O)NC[C@H]5OCC[C@@H](O)[C@@H]5O)o4)ccc3c2)CC1. The van der Waals surface area contributed by atoms with Crippen molar-refractivity contribution in [3.8, 4) is 17.4 Å². The smallest absolute Gasteiger partial charge is 0.262 e. The van der Waals surface area contributed by atoms with E-state index >= 15 is 0 Å². The number of nitriles is 1. The fourth-order valence-electron chi connectivity index (χ4n) is 4.85. The van der Waals surface area contributed by atoms with Crippen molar-refractivity contribution in [3.05, 3.63) is 59.9 Å². The average Bonchev–Trinajstić information content (AvgIpc) is 3.41. The molecule has 1 aromatic heterocycles. The number of furan rings is 1. The summed E-state index contributed by atoms with van der Waals surface area (Å²) in [5, 5.41) is 34.1. The molecule has 9 heteroatoms. The second-order valence-corrected chi connectivity index (χ2v) is 9.87. The predicted octanol–water partition coefficient (Wildman–Crippen LogP) is 2.39. The van der Waals surface area contributed by atoms with Gasteiger partial charge in [0, 0.05) is 56.7 Å². The van der Waals surface area contributed by atoms with Crippen LogP contribution >= 0.6 is 0 Å². The van der Waals surface area contributed by atoms with Crippen LogP contribution in [0.3, 0.4) is 0 Å². The van der Waals surface area contributed by atoms with E-state index in [4.69, 9.17) is 9.15 Å². The van der Waals surface area contributed by atoms with Crippen LogP contribution in [0.4, 0.5) is 5.69 Å². The number of piperazine rings is 1. The third-order valence-corrected chi connectivity index (χ3v) is 7.24. The van der Waals surface area contributed by atoms with Gasteiger partial charge in [0.15, 0.2) is 0 Å². The first-order valence-electron chi connectivity index (χ1n) is 12.9. The maximum atomic E-state index is 12.5. The van der Waals surface area contributed by atoms with E-state index in [-0.39, 0.29) is 12.1 Å². The van der Waals surface area contributed by atoms with Crippen molar-refractivity contribution in [2.24, 2.45) is 0 Å². The van der Waals surface area contributed by atoms with E-state index in [1.807, 2.05) is 18.2 Å². The van der Waals surface area contributed by atoms with Crippen LogP contribution in [0.15, 0.2) is 58.5 Å². The minimum Gasteiger partial charge on any atom is -0.457 e. The van der Waals surface area contributed by atoms with Crippen LogP contribution in [0, 0.1) is 11.3 Å². The third kappa shape index (κ3) is 5.74. The number of likely N-dealkylation sites (N-methyl/N-ethyl adjacent to an activating group) is 1. The highest BCUT2D eigenvalue weighted by Crippen LogP contribution is 2.29. The summed E-state index contributed by atoms with van der Waals surface area (Å²) in [6.07, 6.45) is -0.998. The molecule has 38 heavy (non-hydrogen) atoms. The number of nitrogens with one attached hydrogen (secondary N) is 1. The number of ether oxygens (including phenoxy) is 1. The zero-order chi connectivity index (χ0) is 26.6. The van der Waals surface area contributed by atoms with Gasteiger partial charge >= 0.3 is 0 Å². The van der Waals surface area contributed by atoms with E-state index in [1.54, 1.807) is 6.07 Å². The minimum atomic E-state index is -1.09. The number of aliphatic hydroxyl groups is 2. The highest BCUT2D eigenvalue weighted by Gasteiger charge is 2.31. The van der Waals surface area contributed by atoms with Crippen molar-refractivity contribution < 1.29 is 24.2 Å². The van der Waals surface area contributed by atoms with E-state index in [0.29, 0.717) is 24.5 Å². The summed E-state index contributed by atoms with van der Waals surface area (Å²) in [5.74, 6) is 0.400. The Morgan fingerprint density at radius 2 is 1.87 bits per heavy atom. The Kier molecular flexibility index (Phi) is 7.77. The van der Waals surface area contributed by atoms with Crippen LogP contribution in [-0.4, -0.2) is 85.7 Å². The highest BCUT2D eigenvalue weighted by atomic mass is 16.5. The third-order valence-electron chi connectivity index (χ3n) is 7.24. The van der Waals surface area contributed by atoms with Crippen LogP contribution in [0.5, 0.6) is 0 Å². The number of nitrogens with zero attached hydrogens (tertiary/aromatic N) is 3. The van der Waals surface area contributed by atoms with Gasteiger partial charge in [0.05, 0.1) is 6.10 Å². The summed E-state index contributed by atoms with van der Waals surface area (Å²) < 4.78 is 11.4. The summed E-state index contributed by atoms with van der Waals surface area (Å²) in [6, 6.07) is 18.1. The summed E-state index contributed by atoms with van der Waals surface area (Å²) >= 11 is 0. The largest absolute Gasteiger partial charge is 0.457 e. The monoisotopic (exact) mass is 516 g/mol. The average molecular weight is 517 g/mol. The van der Waals surface area contributed by atoms with Crippen molar-refractivity contribution in [1.82, 2.24) is 10.2 Å². The Hall–Kier alpha value is -3.68. The zero-order valence-electron chi connectivity index (χ0n) is 21.3. The van der Waals surface area contributed by atoms with Crippen molar-refractivity contribution >= 4 is 28.4 Å². The number of fused-ring (bicyclic) bond motifs is 1. The number of amides is 1. The molecule has 2 fully saturated rings. The molecule has 2 aliphatic rings. The second-order valence-electron chi connectivity index (χ2n) is 9.87. The van der Waals surface area contributed by atoms with Gasteiger partial charge in [0.25, 0.3) is 5.91 Å². The number of carbonyl (C=O) groups is 1. The Morgan fingerprint density at radius 3 is 2.66 bits per heavy atom. The molecule has 0 spiro atoms. The highest BCUT2D eigenvalue weighted by molar-refractivity contribution is 6.01. The summed E-state index contributed by atoms with van der Waals surface area (Å²) in [4.78, 5) is 17.3. The van der Waals surface area contributed by atoms with Gasteiger partial charge in [-0.1, -0.05) is 18.2 Å². The van der Waals surface area contributed by atoms with Crippen molar-refractivity contribution in [3.63, 3.8) is 0 Å². The number of hydrogen-bond donors (Lipinski definition) is 3. The van der Waals surface area contributed by atoms with Crippen molar-refractivity contribution in [1.29, 1.82) is 5.26 Å². The molecule has 0 unspecified atom stereocenters. The molecular weight excluding hydrogens is 484 g/mol. The molecule has 198 valence electrons. The zero-order valence-corrected chi connectivity index (χ0v) is 21.3. The maximum Gasteiger partial charge on any atom is 0.262 e. The second kappa shape index (κ2) is 11.4. The molecule has 0 aliphatic carbocycles. The molecule has 2 saturated heterocycles. The topological polar surface area (TPSA) is 122 Å². The normalized spacial score (nSPS) is 22.8. The Balaban J connectivity index is 1.26. The van der Waals surface area contributed by atoms with E-state index in [2.05, 4.69) is 52.5 Å².